The Hall–Kier alpha value is -2.66. The molecule has 0 spiro atoms. The summed E-state index contributed by atoms with van der Waals surface area (Å²) in [5.41, 5.74) is 5.48. The van der Waals surface area contributed by atoms with E-state index in [4.69, 9.17) is 5.73 Å². The molecule has 0 aromatic heterocycles. The summed E-state index contributed by atoms with van der Waals surface area (Å²) in [7, 11) is 0. The van der Waals surface area contributed by atoms with Crippen molar-refractivity contribution in [3.05, 3.63) is 71.1 Å². The van der Waals surface area contributed by atoms with E-state index in [2.05, 4.69) is 5.32 Å². The molecule has 0 aromatic rings. The van der Waals surface area contributed by atoms with Gasteiger partial charge in [0.15, 0.2) is 11.6 Å². The highest BCUT2D eigenvalue weighted by Gasteiger charge is 2.37. The number of nitrogens with one attached hydrogen (secondary N) is 1. The van der Waals surface area contributed by atoms with E-state index in [1.54, 1.807) is 25.2 Å². The molecule has 4 atom stereocenters. The first-order valence-electron chi connectivity index (χ1n) is 11.0. The van der Waals surface area contributed by atoms with E-state index >= 15 is 0 Å². The third-order valence-corrected chi connectivity index (χ3v) is 6.17. The molecule has 5 nitrogen and oxygen atoms in total. The molecule has 0 aromatic carbocycles. The van der Waals surface area contributed by atoms with E-state index in [0.29, 0.717) is 35.4 Å². The Balaban J connectivity index is 2.53. The second-order valence-electron chi connectivity index (χ2n) is 8.95. The van der Waals surface area contributed by atoms with Crippen molar-refractivity contribution in [2.24, 2.45) is 17.6 Å². The van der Waals surface area contributed by atoms with E-state index in [1.165, 1.54) is 6.92 Å². The lowest BCUT2D eigenvalue weighted by atomic mass is 9.85. The topological polar surface area (TPSA) is 92.4 Å². The summed E-state index contributed by atoms with van der Waals surface area (Å²) in [6, 6.07) is 0. The minimum absolute atomic E-state index is 0.118. The van der Waals surface area contributed by atoms with Gasteiger partial charge in [-0.2, -0.15) is 0 Å². The molecule has 0 bridgehead atoms. The van der Waals surface area contributed by atoms with Gasteiger partial charge in [-0.25, -0.2) is 0 Å². The van der Waals surface area contributed by atoms with Gasteiger partial charge in [0.1, 0.15) is 5.60 Å². The molecule has 2 aliphatic carbocycles. The van der Waals surface area contributed by atoms with Gasteiger partial charge in [-0.15, -0.1) is 0 Å². The van der Waals surface area contributed by atoms with Crippen LogP contribution in [-0.2, 0) is 9.59 Å². The van der Waals surface area contributed by atoms with Crippen molar-refractivity contribution in [2.45, 2.75) is 65.5 Å². The van der Waals surface area contributed by atoms with Crippen molar-refractivity contribution in [1.29, 1.82) is 0 Å². The third-order valence-electron chi connectivity index (χ3n) is 6.17. The molecule has 0 heterocycles. The van der Waals surface area contributed by atoms with Crippen LogP contribution >= 0.6 is 0 Å². The fraction of sp³-hybridized carbons (Fsp3) is 0.462. The normalized spacial score (nSPS) is 25.0. The molecule has 4 unspecified atom stereocenters. The predicted molar refractivity (Wildman–Crippen MR) is 126 cm³/mol. The number of allylic oxidation sites excluding steroid dienone is 8. The lowest BCUT2D eigenvalue weighted by molar-refractivity contribution is -0.131. The first kappa shape index (κ1) is 24.6. The van der Waals surface area contributed by atoms with Crippen molar-refractivity contribution in [1.82, 2.24) is 5.32 Å². The van der Waals surface area contributed by atoms with Crippen LogP contribution in [0.2, 0.25) is 0 Å². The fourth-order valence-corrected chi connectivity index (χ4v) is 3.36. The molecule has 4 N–H and O–H groups in total. The summed E-state index contributed by atoms with van der Waals surface area (Å²) in [5, 5.41) is 13.9. The Morgan fingerprint density at radius 2 is 1.42 bits per heavy atom. The van der Waals surface area contributed by atoms with Gasteiger partial charge in [0, 0.05) is 22.5 Å². The van der Waals surface area contributed by atoms with Crippen molar-refractivity contribution >= 4 is 11.6 Å². The van der Waals surface area contributed by atoms with Gasteiger partial charge in [-0.3, -0.25) is 9.59 Å². The average molecular weight is 425 g/mol. The quantitative estimate of drug-likeness (QED) is 0.547. The monoisotopic (exact) mass is 424 g/mol. The molecule has 168 valence electrons. The Kier molecular flexibility index (Phi) is 7.66. The standard InChI is InChI=1S/C26H36N2O3/c1-7-25(5,23(29)19-13-9-17(3)11-15-21(19)27)28-22-16-12-18(4)10-14-20(22)24(30)26(6,31)8-2/h9-18,28,31H,7-8,27H2,1-6H3. The van der Waals surface area contributed by atoms with Crippen LogP contribution in [0.4, 0.5) is 0 Å². The van der Waals surface area contributed by atoms with E-state index in [9.17, 15) is 14.7 Å². The van der Waals surface area contributed by atoms with Crippen LogP contribution in [0, 0.1) is 11.8 Å². The number of Topliss-reactive ketones (excluding diaryl/α,β-unsaturated/α-hetero) is 2. The Morgan fingerprint density at radius 3 is 1.97 bits per heavy atom. The Labute approximate surface area is 186 Å². The molecular formula is C26H36N2O3. The molecular weight excluding hydrogens is 388 g/mol. The zero-order chi connectivity index (χ0) is 23.4. The summed E-state index contributed by atoms with van der Waals surface area (Å²) in [4.78, 5) is 26.7. The predicted octanol–water partition coefficient (Wildman–Crippen LogP) is 4.04. The second kappa shape index (κ2) is 9.65. The molecule has 5 heteroatoms. The van der Waals surface area contributed by atoms with Crippen LogP contribution < -0.4 is 11.1 Å². The first-order valence-corrected chi connectivity index (χ1v) is 11.0. The molecule has 31 heavy (non-hydrogen) atoms. The summed E-state index contributed by atoms with van der Waals surface area (Å²) in [5.74, 6) is -0.210. The Bertz CT molecular complexity index is 915. The highest BCUT2D eigenvalue weighted by molar-refractivity contribution is 6.07. The summed E-state index contributed by atoms with van der Waals surface area (Å²) in [6.07, 6.45) is 15.7. The number of hydrogen-bond donors (Lipinski definition) is 3. The van der Waals surface area contributed by atoms with Gasteiger partial charge in [0.05, 0.1) is 5.54 Å². The van der Waals surface area contributed by atoms with Gasteiger partial charge in [-0.1, -0.05) is 64.2 Å². The average Bonchev–Trinajstić information content (AvgIpc) is 3.02. The zero-order valence-corrected chi connectivity index (χ0v) is 19.5. The van der Waals surface area contributed by atoms with Gasteiger partial charge in [0.2, 0.25) is 0 Å². The van der Waals surface area contributed by atoms with Gasteiger partial charge in [-0.05, 0) is 50.7 Å². The highest BCUT2D eigenvalue weighted by Crippen LogP contribution is 2.27. The second-order valence-corrected chi connectivity index (χ2v) is 8.95. The van der Waals surface area contributed by atoms with E-state index in [-0.39, 0.29) is 23.4 Å². The van der Waals surface area contributed by atoms with Gasteiger partial charge >= 0.3 is 0 Å². The van der Waals surface area contributed by atoms with Crippen LogP contribution in [0.15, 0.2) is 71.1 Å². The Morgan fingerprint density at radius 1 is 0.903 bits per heavy atom. The smallest absolute Gasteiger partial charge is 0.196 e. The summed E-state index contributed by atoms with van der Waals surface area (Å²) < 4.78 is 0. The molecule has 0 fully saturated rings. The van der Waals surface area contributed by atoms with E-state index in [0.717, 1.165) is 0 Å². The van der Waals surface area contributed by atoms with Crippen molar-refractivity contribution in [2.75, 3.05) is 0 Å². The van der Waals surface area contributed by atoms with E-state index in [1.807, 2.05) is 58.1 Å². The molecule has 0 aliphatic heterocycles. The summed E-state index contributed by atoms with van der Waals surface area (Å²) >= 11 is 0. The molecule has 0 saturated carbocycles. The molecule has 2 rings (SSSR count). The van der Waals surface area contributed by atoms with Crippen LogP contribution in [0.1, 0.15) is 54.4 Å². The summed E-state index contributed by atoms with van der Waals surface area (Å²) in [6.45, 7) is 11.1. The maximum absolute atomic E-state index is 13.6. The van der Waals surface area contributed by atoms with Gasteiger partial charge < -0.3 is 16.2 Å². The number of hydrogen-bond acceptors (Lipinski definition) is 5. The molecule has 0 amide bonds. The van der Waals surface area contributed by atoms with Crippen LogP contribution in [0.25, 0.3) is 0 Å². The van der Waals surface area contributed by atoms with Crippen molar-refractivity contribution in [3.8, 4) is 0 Å². The SMILES string of the molecule is CCC(C)(O)C(=O)C1=C(NC(C)(CC)C(=O)C2=C(N)C=CC(C)C=C2)C=CC(C)C=C1. The van der Waals surface area contributed by atoms with Crippen molar-refractivity contribution < 1.29 is 14.7 Å². The fourth-order valence-electron chi connectivity index (χ4n) is 3.36. The largest absolute Gasteiger partial charge is 0.398 e. The third kappa shape index (κ3) is 5.53. The number of rotatable bonds is 8. The van der Waals surface area contributed by atoms with Crippen LogP contribution in [-0.4, -0.2) is 27.8 Å². The van der Waals surface area contributed by atoms with Crippen molar-refractivity contribution in [3.63, 3.8) is 0 Å². The minimum atomic E-state index is -1.49. The first-order chi connectivity index (χ1) is 14.4. The number of aliphatic hydroxyl groups is 1. The molecule has 0 saturated heterocycles. The minimum Gasteiger partial charge on any atom is -0.398 e. The lowest BCUT2D eigenvalue weighted by Crippen LogP contribution is -2.50. The van der Waals surface area contributed by atoms with Crippen LogP contribution in [0.3, 0.4) is 0 Å². The van der Waals surface area contributed by atoms with Crippen LogP contribution in [0.5, 0.6) is 0 Å². The maximum atomic E-state index is 13.6. The van der Waals surface area contributed by atoms with Gasteiger partial charge in [0.25, 0.3) is 0 Å². The maximum Gasteiger partial charge on any atom is 0.196 e. The van der Waals surface area contributed by atoms with E-state index < -0.39 is 11.1 Å². The molecule has 2 aliphatic rings. The highest BCUT2D eigenvalue weighted by atomic mass is 16.3. The lowest BCUT2D eigenvalue weighted by Gasteiger charge is -2.32. The zero-order valence-electron chi connectivity index (χ0n) is 19.5. The number of carbonyl (C=O) groups excluding carboxylic acids is 2. The number of carbonyl (C=O) groups is 2. The number of ketones is 2. The molecule has 0 radical (unpaired) electrons. The number of nitrogens with two attached hydrogens (primary N) is 1.